The fourth-order valence-corrected chi connectivity index (χ4v) is 3.96. The van der Waals surface area contributed by atoms with E-state index in [9.17, 15) is 19.2 Å². The number of aromatic nitrogens is 2. The highest BCUT2D eigenvalue weighted by molar-refractivity contribution is 6.00. The number of benzene rings is 1. The number of carbonyl (C=O) groups excluding carboxylic acids is 3. The van der Waals surface area contributed by atoms with E-state index < -0.39 is 17.6 Å². The first-order valence-corrected chi connectivity index (χ1v) is 10.3. The van der Waals surface area contributed by atoms with Crippen LogP contribution < -0.4 is 16.3 Å². The predicted molar refractivity (Wildman–Crippen MR) is 114 cm³/mol. The molecule has 3 heterocycles. The Bertz CT molecular complexity index is 1120. The highest BCUT2D eigenvalue weighted by Gasteiger charge is 2.34. The first-order valence-electron chi connectivity index (χ1n) is 10.3. The topological polar surface area (TPSA) is 115 Å². The lowest BCUT2D eigenvalue weighted by molar-refractivity contribution is -0.135. The van der Waals surface area contributed by atoms with Gasteiger partial charge in [0.25, 0.3) is 0 Å². The van der Waals surface area contributed by atoms with E-state index >= 15 is 0 Å². The molecule has 2 aliphatic heterocycles. The summed E-state index contributed by atoms with van der Waals surface area (Å²) >= 11 is 0. The number of nitrogens with zero attached hydrogens (tertiary/aromatic N) is 3. The van der Waals surface area contributed by atoms with Gasteiger partial charge in [0.1, 0.15) is 11.6 Å². The molecule has 166 valence electrons. The van der Waals surface area contributed by atoms with E-state index in [0.717, 1.165) is 5.69 Å². The van der Waals surface area contributed by atoms with Crippen molar-refractivity contribution in [2.75, 3.05) is 18.4 Å². The molecule has 1 aromatic carbocycles. The van der Waals surface area contributed by atoms with Gasteiger partial charge >= 0.3 is 11.8 Å². The number of carbonyl (C=O) groups is 3. The number of likely N-dealkylation sites (tertiary alicyclic amines) is 1. The molecule has 1 aromatic heterocycles. The number of aryl methyl sites for hydroxylation is 1. The van der Waals surface area contributed by atoms with E-state index in [4.69, 9.17) is 4.74 Å². The van der Waals surface area contributed by atoms with Crippen molar-refractivity contribution in [3.63, 3.8) is 0 Å². The van der Waals surface area contributed by atoms with Gasteiger partial charge in [0.2, 0.25) is 11.8 Å². The van der Waals surface area contributed by atoms with Crippen molar-refractivity contribution >= 4 is 34.6 Å². The molecule has 10 heteroatoms. The van der Waals surface area contributed by atoms with Crippen LogP contribution in [0.4, 0.5) is 10.5 Å². The van der Waals surface area contributed by atoms with Gasteiger partial charge in [-0.1, -0.05) is 0 Å². The average Bonchev–Trinajstić information content (AvgIpc) is 2.87. The second-order valence-corrected chi connectivity index (χ2v) is 9.11. The Kier molecular flexibility index (Phi) is 5.03. The highest BCUT2D eigenvalue weighted by Crippen LogP contribution is 2.26. The summed E-state index contributed by atoms with van der Waals surface area (Å²) in [7, 11) is 1.66. The Hall–Kier alpha value is -3.30. The molecule has 3 amide bonds. The van der Waals surface area contributed by atoms with Gasteiger partial charge in [-0.05, 0) is 45.4 Å². The van der Waals surface area contributed by atoms with Crippen molar-refractivity contribution in [2.45, 2.75) is 51.3 Å². The van der Waals surface area contributed by atoms with Crippen LogP contribution in [-0.4, -0.2) is 56.7 Å². The van der Waals surface area contributed by atoms with Crippen molar-refractivity contribution in [2.24, 2.45) is 7.05 Å². The number of ether oxygens (including phenoxy) is 1. The zero-order valence-electron chi connectivity index (χ0n) is 18.1. The lowest BCUT2D eigenvalue weighted by Gasteiger charge is -2.40. The molecular weight excluding hydrogens is 402 g/mol. The zero-order valence-corrected chi connectivity index (χ0v) is 18.1. The molecule has 4 rings (SSSR count). The monoisotopic (exact) mass is 429 g/mol. The van der Waals surface area contributed by atoms with Crippen LogP contribution >= 0.6 is 0 Å². The SMILES string of the molecule is Cn1c(=O)n(C2CCC(=O)NC2=O)c2ccc(NC3CN(C(=O)OC(C)(C)C)C3)cc21. The number of imidazole rings is 1. The standard InChI is InChI=1S/C21H27N5O5/c1-21(2,3)31-20(30)25-10-13(11-25)22-12-5-6-14-16(9-12)24(4)19(29)26(14)15-7-8-17(27)23-18(15)28/h5-6,9,13,15,22H,7-8,10-11H2,1-4H3,(H,23,27,28). The molecule has 0 aliphatic carbocycles. The second-order valence-electron chi connectivity index (χ2n) is 9.11. The van der Waals surface area contributed by atoms with Crippen LogP contribution in [0.1, 0.15) is 39.7 Å². The summed E-state index contributed by atoms with van der Waals surface area (Å²) in [6.45, 7) is 6.56. The Morgan fingerprint density at radius 1 is 1.16 bits per heavy atom. The summed E-state index contributed by atoms with van der Waals surface area (Å²) in [6.07, 6.45) is 0.172. The van der Waals surface area contributed by atoms with Gasteiger partial charge in [0.05, 0.1) is 17.1 Å². The van der Waals surface area contributed by atoms with E-state index in [-0.39, 0.29) is 30.2 Å². The Morgan fingerprint density at radius 3 is 2.52 bits per heavy atom. The molecule has 2 aliphatic rings. The van der Waals surface area contributed by atoms with Crippen LogP contribution in [0.25, 0.3) is 11.0 Å². The van der Waals surface area contributed by atoms with Gasteiger partial charge in [-0.3, -0.25) is 24.0 Å². The fraction of sp³-hybridized carbons (Fsp3) is 0.524. The third kappa shape index (κ3) is 4.01. The number of rotatable bonds is 3. The van der Waals surface area contributed by atoms with E-state index in [0.29, 0.717) is 30.5 Å². The summed E-state index contributed by atoms with van der Waals surface area (Å²) in [4.78, 5) is 50.3. The minimum absolute atomic E-state index is 0.0826. The van der Waals surface area contributed by atoms with Crippen LogP contribution in [0.5, 0.6) is 0 Å². The van der Waals surface area contributed by atoms with Gasteiger partial charge in [-0.2, -0.15) is 0 Å². The molecule has 0 spiro atoms. The number of anilines is 1. The van der Waals surface area contributed by atoms with Crippen molar-refractivity contribution in [3.05, 3.63) is 28.7 Å². The number of piperidine rings is 1. The number of hydrogen-bond donors (Lipinski definition) is 2. The van der Waals surface area contributed by atoms with Crippen LogP contribution in [0.2, 0.25) is 0 Å². The third-order valence-corrected chi connectivity index (χ3v) is 5.52. The molecule has 0 saturated carbocycles. The first-order chi connectivity index (χ1) is 14.5. The van der Waals surface area contributed by atoms with Crippen LogP contribution in [0.15, 0.2) is 23.0 Å². The van der Waals surface area contributed by atoms with E-state index in [1.807, 2.05) is 32.9 Å². The van der Waals surface area contributed by atoms with Gasteiger partial charge < -0.3 is 15.0 Å². The maximum absolute atomic E-state index is 12.8. The first kappa shape index (κ1) is 21.0. The van der Waals surface area contributed by atoms with E-state index in [2.05, 4.69) is 10.6 Å². The summed E-state index contributed by atoms with van der Waals surface area (Å²) in [5.74, 6) is -0.772. The molecule has 0 bridgehead atoms. The number of hydrogen-bond acceptors (Lipinski definition) is 6. The molecule has 2 saturated heterocycles. The fourth-order valence-electron chi connectivity index (χ4n) is 3.96. The molecule has 1 unspecified atom stereocenters. The Labute approximate surface area is 179 Å². The van der Waals surface area contributed by atoms with Crippen LogP contribution in [0.3, 0.4) is 0 Å². The minimum atomic E-state index is -0.707. The lowest BCUT2D eigenvalue weighted by atomic mass is 10.1. The van der Waals surface area contributed by atoms with E-state index in [1.54, 1.807) is 18.0 Å². The molecule has 31 heavy (non-hydrogen) atoms. The molecule has 0 radical (unpaired) electrons. The number of nitrogens with one attached hydrogen (secondary N) is 2. The summed E-state index contributed by atoms with van der Waals surface area (Å²) in [6, 6.07) is 4.88. The van der Waals surface area contributed by atoms with Gasteiger partial charge in [0.15, 0.2) is 0 Å². The minimum Gasteiger partial charge on any atom is -0.444 e. The number of fused-ring (bicyclic) bond motifs is 1. The van der Waals surface area contributed by atoms with Gasteiger partial charge in [-0.15, -0.1) is 0 Å². The van der Waals surface area contributed by atoms with Crippen molar-refractivity contribution < 1.29 is 19.1 Å². The quantitative estimate of drug-likeness (QED) is 0.712. The van der Waals surface area contributed by atoms with Crippen LogP contribution in [0, 0.1) is 0 Å². The van der Waals surface area contributed by atoms with Crippen molar-refractivity contribution in [1.29, 1.82) is 0 Å². The maximum atomic E-state index is 12.8. The zero-order chi connectivity index (χ0) is 22.5. The van der Waals surface area contributed by atoms with Crippen molar-refractivity contribution in [1.82, 2.24) is 19.4 Å². The molecule has 10 nitrogen and oxygen atoms in total. The number of amides is 3. The second kappa shape index (κ2) is 7.44. The largest absolute Gasteiger partial charge is 0.444 e. The normalized spacial score (nSPS) is 19.9. The summed E-state index contributed by atoms with van der Waals surface area (Å²) < 4.78 is 8.32. The third-order valence-electron chi connectivity index (χ3n) is 5.52. The number of imide groups is 1. The van der Waals surface area contributed by atoms with Crippen LogP contribution in [-0.2, 0) is 21.4 Å². The summed E-state index contributed by atoms with van der Waals surface area (Å²) in [5, 5.41) is 5.68. The Morgan fingerprint density at radius 2 is 1.87 bits per heavy atom. The lowest BCUT2D eigenvalue weighted by Crippen LogP contribution is -2.57. The molecular formula is C21H27N5O5. The van der Waals surface area contributed by atoms with Gasteiger partial charge in [0, 0.05) is 32.2 Å². The molecule has 2 N–H and O–H groups in total. The average molecular weight is 429 g/mol. The van der Waals surface area contributed by atoms with E-state index in [1.165, 1.54) is 9.13 Å². The molecule has 1 atom stereocenters. The Balaban J connectivity index is 1.49. The van der Waals surface area contributed by atoms with Crippen molar-refractivity contribution in [3.8, 4) is 0 Å². The molecule has 2 aromatic rings. The smallest absolute Gasteiger partial charge is 0.410 e. The molecule has 2 fully saturated rings. The van der Waals surface area contributed by atoms with Gasteiger partial charge in [-0.25, -0.2) is 9.59 Å². The predicted octanol–water partition coefficient (Wildman–Crippen LogP) is 1.35. The maximum Gasteiger partial charge on any atom is 0.410 e. The summed E-state index contributed by atoms with van der Waals surface area (Å²) in [5.41, 5.74) is 1.31. The highest BCUT2D eigenvalue weighted by atomic mass is 16.6.